The van der Waals surface area contributed by atoms with Crippen LogP contribution in [0.1, 0.15) is 44.5 Å². The molecule has 0 aliphatic carbocycles. The Balaban J connectivity index is 2.30. The molecular formula is C28H33F3N2O11S. The molecular weight excluding hydrogens is 629 g/mol. The van der Waals surface area contributed by atoms with Gasteiger partial charge in [-0.15, -0.1) is 16.9 Å². The van der Waals surface area contributed by atoms with Crippen LogP contribution >= 0.6 is 11.8 Å². The van der Waals surface area contributed by atoms with E-state index in [1.165, 1.54) is 11.8 Å². The van der Waals surface area contributed by atoms with E-state index in [0.717, 1.165) is 18.9 Å². The van der Waals surface area contributed by atoms with E-state index >= 15 is 0 Å². The third-order valence-electron chi connectivity index (χ3n) is 7.51. The molecule has 3 N–H and O–H groups in total. The number of hydrogen-bond acceptors (Lipinski definition) is 13. The molecule has 17 heteroatoms. The van der Waals surface area contributed by atoms with Gasteiger partial charge in [0.05, 0.1) is 5.56 Å². The molecule has 1 aromatic heterocycles. The van der Waals surface area contributed by atoms with E-state index in [1.807, 2.05) is 6.26 Å². The van der Waals surface area contributed by atoms with Crippen LogP contribution in [0.2, 0.25) is 0 Å². The van der Waals surface area contributed by atoms with E-state index in [0.29, 0.717) is 31.0 Å². The molecule has 0 saturated carbocycles. The van der Waals surface area contributed by atoms with Crippen molar-refractivity contribution in [3.8, 4) is 5.88 Å². The molecule has 1 aliphatic heterocycles. The minimum Gasteiger partial charge on any atom is -0.463 e. The first-order chi connectivity index (χ1) is 20.8. The van der Waals surface area contributed by atoms with Gasteiger partial charge in [0.1, 0.15) is 19.4 Å². The number of aromatic nitrogens is 2. The summed E-state index contributed by atoms with van der Waals surface area (Å²) in [6.45, 7) is 1.23. The minimum atomic E-state index is -5.04. The van der Waals surface area contributed by atoms with Crippen molar-refractivity contribution in [3.63, 3.8) is 0 Å². The second-order valence-corrected chi connectivity index (χ2v) is 11.2. The van der Waals surface area contributed by atoms with Crippen LogP contribution in [0.15, 0.2) is 29.2 Å². The Morgan fingerprint density at radius 1 is 1.00 bits per heavy atom. The number of alkyl halides is 3. The molecule has 0 spiro atoms. The van der Waals surface area contributed by atoms with E-state index in [1.54, 1.807) is 24.3 Å². The van der Waals surface area contributed by atoms with E-state index in [9.17, 15) is 47.7 Å². The molecule has 1 fully saturated rings. The number of carbonyl (C=O) groups is 4. The number of aliphatic hydroxyl groups is 3. The zero-order valence-electron chi connectivity index (χ0n) is 25.1. The Bertz CT molecular complexity index is 1460. The molecule has 248 valence electrons. The van der Waals surface area contributed by atoms with Gasteiger partial charge >= 0.3 is 12.1 Å². The SMILES string of the molecule is COCn1nc(O[C@@H]2O[C@H](COC(C)=O)[C@](O)(C(C)=O)[C@@](O)(C(C)=O)[C@]2(O)C(C)=O)c(Cc2ccc(SC)cc2)c1C(F)(F)F. The van der Waals surface area contributed by atoms with Gasteiger partial charge < -0.3 is 34.3 Å². The average Bonchev–Trinajstić information content (AvgIpc) is 3.29. The van der Waals surface area contributed by atoms with Gasteiger partial charge in [-0.2, -0.15) is 13.2 Å². The van der Waals surface area contributed by atoms with Gasteiger partial charge in [-0.1, -0.05) is 12.1 Å². The van der Waals surface area contributed by atoms with Crippen molar-refractivity contribution in [2.75, 3.05) is 20.0 Å². The number of ether oxygens (including phenoxy) is 4. The third-order valence-corrected chi connectivity index (χ3v) is 8.25. The van der Waals surface area contributed by atoms with Crippen molar-refractivity contribution >= 4 is 35.1 Å². The minimum absolute atomic E-state index is 0.366. The first-order valence-corrected chi connectivity index (χ1v) is 14.5. The summed E-state index contributed by atoms with van der Waals surface area (Å²) in [6, 6.07) is 6.45. The first kappa shape index (κ1) is 36.1. The van der Waals surface area contributed by atoms with Gasteiger partial charge in [0.25, 0.3) is 0 Å². The molecule has 45 heavy (non-hydrogen) atoms. The first-order valence-electron chi connectivity index (χ1n) is 13.2. The fraction of sp³-hybridized carbons (Fsp3) is 0.536. The maximum Gasteiger partial charge on any atom is 0.433 e. The molecule has 0 bridgehead atoms. The highest BCUT2D eigenvalue weighted by Crippen LogP contribution is 2.48. The molecule has 1 aromatic carbocycles. The predicted octanol–water partition coefficient (Wildman–Crippen LogP) is 1.45. The Kier molecular flexibility index (Phi) is 10.6. The lowest BCUT2D eigenvalue weighted by Gasteiger charge is -2.56. The number of thioether (sulfide) groups is 1. The lowest BCUT2D eigenvalue weighted by atomic mass is 9.61. The Morgan fingerprint density at radius 3 is 2.02 bits per heavy atom. The zero-order chi connectivity index (χ0) is 34.1. The van der Waals surface area contributed by atoms with Gasteiger partial charge in [-0.05, 0) is 44.7 Å². The van der Waals surface area contributed by atoms with Crippen LogP contribution in [0.5, 0.6) is 5.88 Å². The molecule has 2 heterocycles. The maximum atomic E-state index is 14.5. The van der Waals surface area contributed by atoms with Crippen LogP contribution in [0.4, 0.5) is 13.2 Å². The molecule has 1 aliphatic rings. The molecule has 2 aromatic rings. The Hall–Kier alpha value is -3.35. The number of nitrogens with zero attached hydrogens (tertiary/aromatic N) is 2. The standard InChI is InChI=1S/C28H33F3N2O11S/c1-14(34)25(38)21(12-42-17(4)37)43-24(26(39,15(2)35)27(25,40)16(3)36)44-23-20(11-18-7-9-19(45-6)10-8-18)22(28(29,30)31)33(32-23)13-41-5/h7-10,21,24,38-40H,11-13H2,1-6H3/t21-,24+,25-,26+,27+/m1/s1. The van der Waals surface area contributed by atoms with Gasteiger partial charge in [0.2, 0.25) is 23.4 Å². The monoisotopic (exact) mass is 662 g/mol. The number of carbonyl (C=O) groups excluding carboxylic acids is 4. The summed E-state index contributed by atoms with van der Waals surface area (Å²) in [5.74, 6) is -6.18. The summed E-state index contributed by atoms with van der Waals surface area (Å²) in [4.78, 5) is 51.2. The summed E-state index contributed by atoms with van der Waals surface area (Å²) < 4.78 is 64.7. The number of Topliss-reactive ketones (excluding diaryl/α,β-unsaturated/α-hetero) is 3. The number of esters is 1. The Morgan fingerprint density at radius 2 is 1.58 bits per heavy atom. The summed E-state index contributed by atoms with van der Waals surface area (Å²) in [6.07, 6.45) is -8.46. The van der Waals surface area contributed by atoms with Crippen LogP contribution in [-0.2, 0) is 52.7 Å². The smallest absolute Gasteiger partial charge is 0.433 e. The normalized spacial score (nSPS) is 26.8. The van der Waals surface area contributed by atoms with E-state index < -0.39 is 95.6 Å². The highest BCUT2D eigenvalue weighted by molar-refractivity contribution is 7.98. The van der Waals surface area contributed by atoms with Crippen LogP contribution in [0, 0.1) is 0 Å². The van der Waals surface area contributed by atoms with Crippen molar-refractivity contribution in [1.82, 2.24) is 9.78 Å². The number of methoxy groups -OCH3 is 1. The summed E-state index contributed by atoms with van der Waals surface area (Å²) >= 11 is 1.40. The molecule has 13 nitrogen and oxygen atoms in total. The largest absolute Gasteiger partial charge is 0.463 e. The summed E-state index contributed by atoms with van der Waals surface area (Å²) in [7, 11) is 1.11. The lowest BCUT2D eigenvalue weighted by molar-refractivity contribution is -0.354. The molecule has 5 atom stereocenters. The number of hydrogen-bond donors (Lipinski definition) is 3. The molecule has 3 rings (SSSR count). The highest BCUT2D eigenvalue weighted by Gasteiger charge is 2.79. The van der Waals surface area contributed by atoms with Gasteiger partial charge in [0, 0.05) is 25.3 Å². The second kappa shape index (κ2) is 13.2. The second-order valence-electron chi connectivity index (χ2n) is 10.4. The lowest BCUT2D eigenvalue weighted by Crippen LogP contribution is -2.86. The zero-order valence-corrected chi connectivity index (χ0v) is 25.9. The van der Waals surface area contributed by atoms with Crippen LogP contribution in [-0.4, -0.2) is 97.6 Å². The van der Waals surface area contributed by atoms with Crippen molar-refractivity contribution in [2.24, 2.45) is 0 Å². The summed E-state index contributed by atoms with van der Waals surface area (Å²) in [5, 5.41) is 38.8. The van der Waals surface area contributed by atoms with E-state index in [2.05, 4.69) is 5.10 Å². The number of ketones is 3. The Labute approximate surface area is 259 Å². The fourth-order valence-corrected chi connectivity index (χ4v) is 5.67. The topological polar surface area (TPSA) is 184 Å². The number of halogens is 3. The van der Waals surface area contributed by atoms with Crippen molar-refractivity contribution in [2.45, 2.75) is 81.1 Å². The number of benzene rings is 1. The van der Waals surface area contributed by atoms with Gasteiger partial charge in [-0.3, -0.25) is 19.2 Å². The average molecular weight is 663 g/mol. The van der Waals surface area contributed by atoms with Crippen LogP contribution in [0.25, 0.3) is 0 Å². The third kappa shape index (κ3) is 6.24. The molecule has 1 saturated heterocycles. The molecule has 0 unspecified atom stereocenters. The van der Waals surface area contributed by atoms with Crippen molar-refractivity contribution in [3.05, 3.63) is 41.1 Å². The fourth-order valence-electron chi connectivity index (χ4n) is 5.26. The molecule has 0 radical (unpaired) electrons. The highest BCUT2D eigenvalue weighted by atomic mass is 32.2. The van der Waals surface area contributed by atoms with Gasteiger partial charge in [-0.25, -0.2) is 4.68 Å². The van der Waals surface area contributed by atoms with Crippen molar-refractivity contribution in [1.29, 1.82) is 0 Å². The van der Waals surface area contributed by atoms with Crippen molar-refractivity contribution < 1.29 is 66.6 Å². The predicted molar refractivity (Wildman–Crippen MR) is 148 cm³/mol. The quantitative estimate of drug-likeness (QED) is 0.219. The van der Waals surface area contributed by atoms with Crippen LogP contribution in [0.3, 0.4) is 0 Å². The van der Waals surface area contributed by atoms with E-state index in [4.69, 9.17) is 18.9 Å². The number of rotatable bonds is 12. The van der Waals surface area contributed by atoms with E-state index in [-0.39, 0.29) is 0 Å². The van der Waals surface area contributed by atoms with Gasteiger partial charge in [0.15, 0.2) is 28.6 Å². The maximum absolute atomic E-state index is 14.5. The molecule has 0 amide bonds. The summed E-state index contributed by atoms with van der Waals surface area (Å²) in [5.41, 5.74) is -12.3. The van der Waals surface area contributed by atoms with Crippen LogP contribution < -0.4 is 4.74 Å².